The molecule has 7 rings (SSSR count). The molecule has 1 N–H and O–H groups in total. The third-order valence-electron chi connectivity index (χ3n) is 8.19. The summed E-state index contributed by atoms with van der Waals surface area (Å²) in [6.07, 6.45) is 0.793. The molecule has 3 heterocycles. The molecular formula is C26H20BrNO5S2. The molecular weight excluding hydrogens is 550 g/mol. The number of rotatable bonds is 3. The molecule has 35 heavy (non-hydrogen) atoms. The van der Waals surface area contributed by atoms with Gasteiger partial charge in [0.15, 0.2) is 0 Å². The maximum atomic E-state index is 13.3. The van der Waals surface area contributed by atoms with Crippen molar-refractivity contribution in [2.45, 2.75) is 29.2 Å². The number of phenolic OH excluding ortho intramolecular Hbond substituents is 1. The Balaban J connectivity index is 1.41. The van der Waals surface area contributed by atoms with Crippen LogP contribution < -0.4 is 4.87 Å². The molecule has 2 aliphatic carbocycles. The number of hydrogen-bond acceptors (Lipinski definition) is 7. The van der Waals surface area contributed by atoms with Gasteiger partial charge in [-0.1, -0.05) is 57.6 Å². The summed E-state index contributed by atoms with van der Waals surface area (Å²) in [7, 11) is 0. The molecule has 3 aromatic rings. The van der Waals surface area contributed by atoms with Crippen molar-refractivity contribution in [2.24, 2.45) is 29.6 Å². The SMILES string of the molecule is O=C1OC(=O)[C@@H]2[C@H]3C[C@H]([C@@H]12)[C@H]1[C@@H](c2cc(Br)ccc2O)c2sc(=O)n(Cc4ccccc4)c2S[C@@H]31. The van der Waals surface area contributed by atoms with Crippen molar-refractivity contribution in [1.29, 1.82) is 0 Å². The second-order valence-electron chi connectivity index (χ2n) is 9.80. The molecule has 1 aromatic heterocycles. The highest BCUT2D eigenvalue weighted by molar-refractivity contribution is 9.10. The van der Waals surface area contributed by atoms with E-state index in [1.807, 2.05) is 41.0 Å². The van der Waals surface area contributed by atoms with Gasteiger partial charge in [-0.25, -0.2) is 0 Å². The van der Waals surface area contributed by atoms with Crippen LogP contribution in [-0.4, -0.2) is 26.9 Å². The monoisotopic (exact) mass is 569 g/mol. The maximum Gasteiger partial charge on any atom is 0.317 e. The van der Waals surface area contributed by atoms with Crippen LogP contribution in [-0.2, 0) is 20.9 Å². The van der Waals surface area contributed by atoms with Crippen molar-refractivity contribution in [1.82, 2.24) is 4.57 Å². The van der Waals surface area contributed by atoms with Crippen LogP contribution in [0.15, 0.2) is 62.8 Å². The zero-order valence-electron chi connectivity index (χ0n) is 18.3. The van der Waals surface area contributed by atoms with Gasteiger partial charge in [0, 0.05) is 26.1 Å². The van der Waals surface area contributed by atoms with E-state index in [0.29, 0.717) is 6.54 Å². The summed E-state index contributed by atoms with van der Waals surface area (Å²) in [6, 6.07) is 15.3. The van der Waals surface area contributed by atoms with E-state index < -0.39 is 23.8 Å². The topological polar surface area (TPSA) is 85.6 Å². The number of thiazole rings is 1. The van der Waals surface area contributed by atoms with Crippen LogP contribution in [0.1, 0.15) is 28.3 Å². The van der Waals surface area contributed by atoms with Crippen LogP contribution in [0, 0.1) is 29.6 Å². The number of cyclic esters (lactones) is 2. The number of halogens is 1. The lowest BCUT2D eigenvalue weighted by molar-refractivity contribution is -0.154. The van der Waals surface area contributed by atoms with E-state index in [1.54, 1.807) is 23.9 Å². The highest BCUT2D eigenvalue weighted by Crippen LogP contribution is 2.69. The Morgan fingerprint density at radius 2 is 1.77 bits per heavy atom. The molecule has 1 saturated heterocycles. The predicted molar refractivity (Wildman–Crippen MR) is 135 cm³/mol. The fourth-order valence-electron chi connectivity index (χ4n) is 6.94. The first-order valence-corrected chi connectivity index (χ1v) is 14.1. The molecule has 9 heteroatoms. The number of phenols is 1. The lowest BCUT2D eigenvalue weighted by atomic mass is 9.68. The Bertz CT molecular complexity index is 1450. The summed E-state index contributed by atoms with van der Waals surface area (Å²) < 4.78 is 7.76. The highest BCUT2D eigenvalue weighted by atomic mass is 79.9. The number of benzene rings is 2. The molecule has 0 unspecified atom stereocenters. The van der Waals surface area contributed by atoms with E-state index in [4.69, 9.17) is 4.74 Å². The molecule has 2 saturated carbocycles. The van der Waals surface area contributed by atoms with Crippen molar-refractivity contribution < 1.29 is 19.4 Å². The summed E-state index contributed by atoms with van der Waals surface area (Å²) in [4.78, 5) is 39.4. The average molecular weight is 570 g/mol. The molecule has 4 aliphatic rings. The largest absolute Gasteiger partial charge is 0.508 e. The number of hydrogen-bond donors (Lipinski definition) is 1. The van der Waals surface area contributed by atoms with E-state index in [2.05, 4.69) is 15.9 Å². The van der Waals surface area contributed by atoms with Gasteiger partial charge in [-0.05, 0) is 47.9 Å². The number of aromatic hydroxyl groups is 1. The molecule has 178 valence electrons. The molecule has 0 radical (unpaired) electrons. The van der Waals surface area contributed by atoms with Crippen LogP contribution in [0.5, 0.6) is 5.75 Å². The molecule has 2 aliphatic heterocycles. The summed E-state index contributed by atoms with van der Waals surface area (Å²) in [6.45, 7) is 0.466. The van der Waals surface area contributed by atoms with Crippen LogP contribution in [0.4, 0.5) is 0 Å². The maximum absolute atomic E-state index is 13.3. The summed E-state index contributed by atoms with van der Waals surface area (Å²) in [5.74, 6) is -1.65. The number of nitrogens with zero attached hydrogens (tertiary/aromatic N) is 1. The second-order valence-corrected chi connectivity index (χ2v) is 12.9. The van der Waals surface area contributed by atoms with Crippen LogP contribution in [0.25, 0.3) is 0 Å². The Labute approximate surface area is 217 Å². The molecule has 0 amide bonds. The van der Waals surface area contributed by atoms with Gasteiger partial charge in [0.05, 0.1) is 23.4 Å². The van der Waals surface area contributed by atoms with Gasteiger partial charge in [-0.2, -0.15) is 0 Å². The van der Waals surface area contributed by atoms with Gasteiger partial charge < -0.3 is 9.84 Å². The van der Waals surface area contributed by atoms with Crippen LogP contribution in [0.2, 0.25) is 0 Å². The number of thioether (sulfide) groups is 1. The summed E-state index contributed by atoms with van der Waals surface area (Å²) >= 11 is 6.46. The first-order chi connectivity index (χ1) is 16.9. The normalized spacial score (nSPS) is 32.3. The molecule has 0 spiro atoms. The number of esters is 2. The van der Waals surface area contributed by atoms with Crippen molar-refractivity contribution in [3.8, 4) is 5.75 Å². The van der Waals surface area contributed by atoms with Crippen molar-refractivity contribution in [3.63, 3.8) is 0 Å². The van der Waals surface area contributed by atoms with Gasteiger partial charge in [0.2, 0.25) is 0 Å². The quantitative estimate of drug-likeness (QED) is 0.366. The van der Waals surface area contributed by atoms with E-state index in [9.17, 15) is 19.5 Å². The van der Waals surface area contributed by atoms with Crippen molar-refractivity contribution in [3.05, 3.63) is 78.7 Å². The standard InChI is InChI=1S/C26H20BrNO5S2/c27-12-6-7-16(29)13(8-12)17-18-14-9-15(20-19(14)24(30)33-25(20)31)21(18)34-23-22(17)35-26(32)28(23)10-11-4-2-1-3-5-11/h1-8,14-15,17-21,29H,9-10H2/t14-,15+,17+,18-,19+,20+,21-/m0/s1. The molecule has 6 nitrogen and oxygen atoms in total. The minimum absolute atomic E-state index is 0.0160. The molecule has 2 bridgehead atoms. The van der Waals surface area contributed by atoms with Crippen LogP contribution >= 0.6 is 39.0 Å². The zero-order chi connectivity index (χ0) is 24.0. The van der Waals surface area contributed by atoms with E-state index in [1.165, 1.54) is 11.3 Å². The predicted octanol–water partition coefficient (Wildman–Crippen LogP) is 4.61. The van der Waals surface area contributed by atoms with Gasteiger partial charge in [0.1, 0.15) is 5.75 Å². The number of ether oxygens (including phenoxy) is 1. The molecule has 2 aromatic carbocycles. The van der Waals surface area contributed by atoms with Crippen molar-refractivity contribution >= 4 is 51.0 Å². The minimum atomic E-state index is -0.421. The van der Waals surface area contributed by atoms with Gasteiger partial charge in [-0.15, -0.1) is 11.8 Å². The van der Waals surface area contributed by atoms with E-state index in [-0.39, 0.29) is 39.5 Å². The Hall–Kier alpha value is -2.36. The Kier molecular flexibility index (Phi) is 4.89. The smallest absolute Gasteiger partial charge is 0.317 e. The number of carbonyl (C=O) groups excluding carboxylic acids is 2. The van der Waals surface area contributed by atoms with Gasteiger partial charge >= 0.3 is 16.8 Å². The summed E-state index contributed by atoms with van der Waals surface area (Å²) in [5.41, 5.74) is 1.79. The van der Waals surface area contributed by atoms with E-state index >= 15 is 0 Å². The fraction of sp³-hybridized carbons (Fsp3) is 0.346. The first kappa shape index (κ1) is 21.9. The van der Waals surface area contributed by atoms with Gasteiger partial charge in [-0.3, -0.25) is 19.0 Å². The fourth-order valence-corrected chi connectivity index (χ4v) is 10.5. The highest BCUT2D eigenvalue weighted by Gasteiger charge is 2.69. The number of aromatic nitrogens is 1. The van der Waals surface area contributed by atoms with Crippen molar-refractivity contribution in [2.75, 3.05) is 0 Å². The number of carbonyl (C=O) groups is 2. The molecule has 7 atom stereocenters. The average Bonchev–Trinajstić information content (AvgIpc) is 3.56. The first-order valence-electron chi connectivity index (χ1n) is 11.6. The third-order valence-corrected chi connectivity index (χ3v) is 11.5. The lowest BCUT2D eigenvalue weighted by Gasteiger charge is -2.43. The third kappa shape index (κ3) is 3.10. The lowest BCUT2D eigenvalue weighted by Crippen LogP contribution is -2.43. The van der Waals surface area contributed by atoms with Gasteiger partial charge in [0.25, 0.3) is 0 Å². The Morgan fingerprint density at radius 1 is 1.03 bits per heavy atom. The minimum Gasteiger partial charge on any atom is -0.508 e. The second kappa shape index (κ2) is 7.82. The zero-order valence-corrected chi connectivity index (χ0v) is 21.5. The summed E-state index contributed by atoms with van der Waals surface area (Å²) in [5, 5.41) is 11.9. The molecule has 3 fully saturated rings. The Morgan fingerprint density at radius 3 is 2.54 bits per heavy atom. The number of fused-ring (bicyclic) bond motifs is 9. The van der Waals surface area contributed by atoms with E-state index in [0.717, 1.165) is 31.9 Å². The van der Waals surface area contributed by atoms with Crippen LogP contribution in [0.3, 0.4) is 0 Å².